The third kappa shape index (κ3) is 2.43. The maximum absolute atomic E-state index is 11.2. The Balaban J connectivity index is 2.16. The SMILES string of the molecule is Cc1ccc(C2NC(=O)NC(S)N2)cc1. The molecule has 1 heterocycles. The Kier molecular flexibility index (Phi) is 2.83. The summed E-state index contributed by atoms with van der Waals surface area (Å²) < 4.78 is 0. The number of carbonyl (C=O) groups excluding carboxylic acids is 1. The van der Waals surface area contributed by atoms with E-state index in [2.05, 4.69) is 28.6 Å². The second kappa shape index (κ2) is 4.12. The van der Waals surface area contributed by atoms with Gasteiger partial charge in [-0.05, 0) is 12.5 Å². The Bertz CT molecular complexity index is 365. The van der Waals surface area contributed by atoms with Crippen molar-refractivity contribution in [2.75, 3.05) is 0 Å². The van der Waals surface area contributed by atoms with E-state index in [4.69, 9.17) is 0 Å². The number of hydrogen-bond acceptors (Lipinski definition) is 3. The summed E-state index contributed by atoms with van der Waals surface area (Å²) in [6.45, 7) is 2.03. The van der Waals surface area contributed by atoms with Crippen molar-refractivity contribution in [2.24, 2.45) is 0 Å². The molecule has 1 saturated heterocycles. The smallest absolute Gasteiger partial charge is 0.318 e. The maximum atomic E-state index is 11.2. The first kappa shape index (κ1) is 10.3. The molecule has 2 amide bonds. The first-order valence-electron chi connectivity index (χ1n) is 4.73. The van der Waals surface area contributed by atoms with Crippen LogP contribution in [0, 0.1) is 6.92 Å². The van der Waals surface area contributed by atoms with Crippen LogP contribution in [0.1, 0.15) is 17.3 Å². The van der Waals surface area contributed by atoms with Gasteiger partial charge in [-0.15, -0.1) is 12.6 Å². The van der Waals surface area contributed by atoms with E-state index in [0.717, 1.165) is 5.56 Å². The second-order valence-corrected chi connectivity index (χ2v) is 4.05. The zero-order valence-electron chi connectivity index (χ0n) is 8.32. The van der Waals surface area contributed by atoms with E-state index in [-0.39, 0.29) is 17.7 Å². The van der Waals surface area contributed by atoms with Crippen molar-refractivity contribution in [3.63, 3.8) is 0 Å². The molecule has 15 heavy (non-hydrogen) atoms. The second-order valence-electron chi connectivity index (χ2n) is 3.53. The highest BCUT2D eigenvalue weighted by molar-refractivity contribution is 7.80. The van der Waals surface area contributed by atoms with Crippen LogP contribution in [-0.4, -0.2) is 11.5 Å². The van der Waals surface area contributed by atoms with E-state index in [1.54, 1.807) is 0 Å². The fraction of sp³-hybridized carbons (Fsp3) is 0.300. The van der Waals surface area contributed by atoms with Crippen LogP contribution in [0.5, 0.6) is 0 Å². The van der Waals surface area contributed by atoms with E-state index in [9.17, 15) is 4.79 Å². The molecular formula is C10H13N3OS. The number of aryl methyl sites for hydroxylation is 1. The third-order valence-electron chi connectivity index (χ3n) is 2.28. The topological polar surface area (TPSA) is 53.2 Å². The molecule has 1 aliphatic rings. The average Bonchev–Trinajstić information content (AvgIpc) is 2.17. The Morgan fingerprint density at radius 2 is 1.87 bits per heavy atom. The van der Waals surface area contributed by atoms with E-state index < -0.39 is 0 Å². The van der Waals surface area contributed by atoms with Gasteiger partial charge in [-0.1, -0.05) is 29.8 Å². The standard InChI is InChI=1S/C10H13N3OS/c1-6-2-4-7(5-3-6)8-11-9(14)13-10(15)12-8/h2-5,8,10,12,15H,1H3,(H2,11,13,14). The molecule has 1 fully saturated rings. The summed E-state index contributed by atoms with van der Waals surface area (Å²) >= 11 is 4.17. The van der Waals surface area contributed by atoms with Crippen molar-refractivity contribution in [1.29, 1.82) is 0 Å². The lowest BCUT2D eigenvalue weighted by atomic mass is 10.1. The normalized spacial score (nSPS) is 25.6. The molecule has 1 aromatic rings. The molecule has 80 valence electrons. The molecule has 4 nitrogen and oxygen atoms in total. The molecule has 2 unspecified atom stereocenters. The van der Waals surface area contributed by atoms with Crippen molar-refractivity contribution in [3.05, 3.63) is 35.4 Å². The fourth-order valence-electron chi connectivity index (χ4n) is 1.48. The van der Waals surface area contributed by atoms with Crippen molar-refractivity contribution in [2.45, 2.75) is 18.6 Å². The summed E-state index contributed by atoms with van der Waals surface area (Å²) in [5, 5.41) is 8.47. The number of urea groups is 1. The maximum Gasteiger partial charge on any atom is 0.318 e. The van der Waals surface area contributed by atoms with Gasteiger partial charge in [0, 0.05) is 0 Å². The number of hydrogen-bond donors (Lipinski definition) is 4. The summed E-state index contributed by atoms with van der Waals surface area (Å²) in [4.78, 5) is 11.2. The molecular weight excluding hydrogens is 210 g/mol. The monoisotopic (exact) mass is 223 g/mol. The molecule has 0 aromatic heterocycles. The minimum absolute atomic E-state index is 0.179. The predicted octanol–water partition coefficient (Wildman–Crippen LogP) is 1.11. The predicted molar refractivity (Wildman–Crippen MR) is 61.5 cm³/mol. The van der Waals surface area contributed by atoms with Crippen LogP contribution in [0.3, 0.4) is 0 Å². The Hall–Kier alpha value is -1.20. The molecule has 0 spiro atoms. The molecule has 2 rings (SSSR count). The zero-order chi connectivity index (χ0) is 10.8. The summed E-state index contributed by atoms with van der Waals surface area (Å²) in [6, 6.07) is 7.79. The minimum atomic E-state index is -0.315. The van der Waals surface area contributed by atoms with Crippen molar-refractivity contribution >= 4 is 18.7 Å². The summed E-state index contributed by atoms with van der Waals surface area (Å²) in [5.74, 6) is 0. The highest BCUT2D eigenvalue weighted by Gasteiger charge is 2.22. The van der Waals surface area contributed by atoms with Crippen LogP contribution in [0.25, 0.3) is 0 Å². The first-order chi connectivity index (χ1) is 7.15. The molecule has 1 aromatic carbocycles. The number of benzene rings is 1. The van der Waals surface area contributed by atoms with Crippen molar-refractivity contribution in [3.8, 4) is 0 Å². The largest absolute Gasteiger partial charge is 0.318 e. The number of carbonyl (C=O) groups is 1. The van der Waals surface area contributed by atoms with Gasteiger partial charge in [0.05, 0.1) is 0 Å². The molecule has 0 radical (unpaired) electrons. The summed E-state index contributed by atoms with van der Waals surface area (Å²) in [5.41, 5.74) is 1.90. The molecule has 0 aliphatic carbocycles. The molecule has 5 heteroatoms. The highest BCUT2D eigenvalue weighted by atomic mass is 32.1. The lowest BCUT2D eigenvalue weighted by molar-refractivity contribution is 0.220. The average molecular weight is 223 g/mol. The molecule has 1 aliphatic heterocycles. The van der Waals surface area contributed by atoms with Gasteiger partial charge < -0.3 is 10.6 Å². The van der Waals surface area contributed by atoms with Gasteiger partial charge >= 0.3 is 6.03 Å². The number of amides is 2. The van der Waals surface area contributed by atoms with E-state index >= 15 is 0 Å². The zero-order valence-corrected chi connectivity index (χ0v) is 9.21. The molecule has 2 atom stereocenters. The van der Waals surface area contributed by atoms with Crippen molar-refractivity contribution in [1.82, 2.24) is 16.0 Å². The molecule has 0 bridgehead atoms. The van der Waals surface area contributed by atoms with Gasteiger partial charge in [0.1, 0.15) is 11.7 Å². The highest BCUT2D eigenvalue weighted by Crippen LogP contribution is 2.14. The van der Waals surface area contributed by atoms with Crippen LogP contribution in [0.2, 0.25) is 0 Å². The minimum Gasteiger partial charge on any atom is -0.318 e. The van der Waals surface area contributed by atoms with Gasteiger partial charge in [-0.25, -0.2) is 4.79 Å². The van der Waals surface area contributed by atoms with E-state index in [1.807, 2.05) is 31.2 Å². The number of nitrogens with one attached hydrogen (secondary N) is 3. The van der Waals surface area contributed by atoms with Gasteiger partial charge in [-0.2, -0.15) is 0 Å². The Morgan fingerprint density at radius 3 is 2.47 bits per heavy atom. The van der Waals surface area contributed by atoms with E-state index in [0.29, 0.717) is 0 Å². The van der Waals surface area contributed by atoms with Gasteiger partial charge in [0.2, 0.25) is 0 Å². The summed E-state index contributed by atoms with van der Waals surface area (Å²) in [6.07, 6.45) is -0.179. The summed E-state index contributed by atoms with van der Waals surface area (Å²) in [7, 11) is 0. The van der Waals surface area contributed by atoms with Crippen LogP contribution in [-0.2, 0) is 0 Å². The molecule has 0 saturated carbocycles. The number of thiol groups is 1. The van der Waals surface area contributed by atoms with Crippen molar-refractivity contribution < 1.29 is 4.79 Å². The van der Waals surface area contributed by atoms with Crippen LogP contribution >= 0.6 is 12.6 Å². The first-order valence-corrected chi connectivity index (χ1v) is 5.24. The van der Waals surface area contributed by atoms with E-state index in [1.165, 1.54) is 5.56 Å². The van der Waals surface area contributed by atoms with Gasteiger partial charge in [0.15, 0.2) is 0 Å². The fourth-order valence-corrected chi connectivity index (χ4v) is 1.74. The van der Waals surface area contributed by atoms with Crippen LogP contribution in [0.4, 0.5) is 4.79 Å². The van der Waals surface area contributed by atoms with Gasteiger partial charge in [0.25, 0.3) is 0 Å². The number of rotatable bonds is 1. The van der Waals surface area contributed by atoms with Crippen LogP contribution in [0.15, 0.2) is 24.3 Å². The molecule has 3 N–H and O–H groups in total. The third-order valence-corrected chi connectivity index (χ3v) is 2.56. The van der Waals surface area contributed by atoms with Gasteiger partial charge in [-0.3, -0.25) is 5.32 Å². The van der Waals surface area contributed by atoms with Crippen LogP contribution < -0.4 is 16.0 Å². The lowest BCUT2D eigenvalue weighted by Crippen LogP contribution is -2.58. The quantitative estimate of drug-likeness (QED) is 0.539. The Labute approximate surface area is 93.9 Å². The lowest BCUT2D eigenvalue weighted by Gasteiger charge is -2.30. The Morgan fingerprint density at radius 1 is 1.20 bits per heavy atom.